The minimum atomic E-state index is 0.0543. The molecule has 1 aliphatic rings. The number of hydrogen-bond acceptors (Lipinski definition) is 5. The fraction of sp³-hybridized carbons (Fsp3) is 0.583. The maximum Gasteiger partial charge on any atom is 0.171 e. The van der Waals surface area contributed by atoms with Crippen molar-refractivity contribution in [2.75, 3.05) is 17.3 Å². The van der Waals surface area contributed by atoms with Crippen molar-refractivity contribution in [2.45, 2.75) is 37.6 Å². The predicted molar refractivity (Wildman–Crippen MR) is 76.3 cm³/mol. The van der Waals surface area contributed by atoms with Crippen molar-refractivity contribution in [1.82, 2.24) is 0 Å². The quantitative estimate of drug-likeness (QED) is 0.635. The van der Waals surface area contributed by atoms with Gasteiger partial charge in [-0.3, -0.25) is 4.79 Å². The van der Waals surface area contributed by atoms with Crippen LogP contribution in [0.3, 0.4) is 0 Å². The fourth-order valence-corrected chi connectivity index (χ4v) is 4.01. The SMILES string of the molecule is CCC1CC1Nc1sc(C(C)=O)c(N)c1SC. The van der Waals surface area contributed by atoms with E-state index in [9.17, 15) is 4.79 Å². The molecule has 1 heterocycles. The lowest BCUT2D eigenvalue weighted by Gasteiger charge is -2.04. The largest absolute Gasteiger partial charge is 0.396 e. The third kappa shape index (κ3) is 2.45. The maximum atomic E-state index is 11.5. The normalized spacial score (nSPS) is 22.5. The molecule has 1 aromatic rings. The van der Waals surface area contributed by atoms with Crippen LogP contribution >= 0.6 is 23.1 Å². The second kappa shape index (κ2) is 4.90. The molecule has 0 aliphatic heterocycles. The minimum absolute atomic E-state index is 0.0543. The van der Waals surface area contributed by atoms with E-state index in [1.54, 1.807) is 18.7 Å². The van der Waals surface area contributed by atoms with Gasteiger partial charge in [0.1, 0.15) is 5.00 Å². The van der Waals surface area contributed by atoms with Gasteiger partial charge >= 0.3 is 0 Å². The number of nitrogens with two attached hydrogens (primary N) is 1. The molecule has 0 saturated heterocycles. The lowest BCUT2D eigenvalue weighted by Crippen LogP contribution is -2.03. The van der Waals surface area contributed by atoms with Gasteiger partial charge in [0.25, 0.3) is 0 Å². The van der Waals surface area contributed by atoms with Gasteiger partial charge in [-0.1, -0.05) is 13.3 Å². The number of nitrogens with one attached hydrogen (secondary N) is 1. The van der Waals surface area contributed by atoms with E-state index >= 15 is 0 Å². The Balaban J connectivity index is 2.21. The van der Waals surface area contributed by atoms with Crippen molar-refractivity contribution < 1.29 is 4.79 Å². The summed E-state index contributed by atoms with van der Waals surface area (Å²) in [5.41, 5.74) is 6.65. The Morgan fingerprint density at radius 1 is 1.65 bits per heavy atom. The lowest BCUT2D eigenvalue weighted by atomic mass is 10.3. The highest BCUT2D eigenvalue weighted by Crippen LogP contribution is 2.45. The second-order valence-electron chi connectivity index (χ2n) is 4.42. The molecule has 1 aliphatic carbocycles. The van der Waals surface area contributed by atoms with E-state index in [1.165, 1.54) is 24.2 Å². The van der Waals surface area contributed by atoms with Crippen molar-refractivity contribution in [2.24, 2.45) is 5.92 Å². The maximum absolute atomic E-state index is 11.5. The number of thiophene rings is 1. The van der Waals surface area contributed by atoms with Crippen molar-refractivity contribution in [1.29, 1.82) is 0 Å². The topological polar surface area (TPSA) is 55.1 Å². The van der Waals surface area contributed by atoms with Crippen LogP contribution in [0, 0.1) is 5.92 Å². The predicted octanol–water partition coefficient (Wildman–Crippen LogP) is 3.47. The van der Waals surface area contributed by atoms with E-state index in [0.29, 0.717) is 16.6 Å². The van der Waals surface area contributed by atoms with Crippen LogP contribution in [0.15, 0.2) is 4.90 Å². The summed E-state index contributed by atoms with van der Waals surface area (Å²) >= 11 is 3.10. The van der Waals surface area contributed by atoms with Gasteiger partial charge in [-0.25, -0.2) is 0 Å². The zero-order valence-corrected chi connectivity index (χ0v) is 12.0. The number of nitrogen functional groups attached to an aromatic ring is 1. The smallest absolute Gasteiger partial charge is 0.171 e. The fourth-order valence-electron chi connectivity index (χ4n) is 2.03. The zero-order valence-electron chi connectivity index (χ0n) is 10.4. The average molecular weight is 270 g/mol. The first-order chi connectivity index (χ1) is 8.08. The third-order valence-corrected chi connectivity index (χ3v) is 5.39. The van der Waals surface area contributed by atoms with Gasteiger partial charge in [0.05, 0.1) is 15.5 Å². The van der Waals surface area contributed by atoms with Crippen LogP contribution in [0.2, 0.25) is 0 Å². The molecular formula is C12H18N2OS2. The molecule has 5 heteroatoms. The van der Waals surface area contributed by atoms with Crippen molar-refractivity contribution >= 4 is 39.6 Å². The first-order valence-corrected chi connectivity index (χ1v) is 7.86. The van der Waals surface area contributed by atoms with Crippen LogP contribution in [-0.2, 0) is 0 Å². The highest BCUT2D eigenvalue weighted by Gasteiger charge is 2.36. The molecule has 94 valence electrons. The summed E-state index contributed by atoms with van der Waals surface area (Å²) in [5, 5.41) is 4.59. The van der Waals surface area contributed by atoms with E-state index in [2.05, 4.69) is 12.2 Å². The van der Waals surface area contributed by atoms with Crippen molar-refractivity contribution in [3.8, 4) is 0 Å². The van der Waals surface area contributed by atoms with E-state index in [-0.39, 0.29) is 5.78 Å². The second-order valence-corrected chi connectivity index (χ2v) is 6.26. The van der Waals surface area contributed by atoms with Crippen LogP contribution in [0.25, 0.3) is 0 Å². The number of anilines is 2. The highest BCUT2D eigenvalue weighted by molar-refractivity contribution is 7.99. The summed E-state index contributed by atoms with van der Waals surface area (Å²) in [6.45, 7) is 3.79. The average Bonchev–Trinajstić information content (AvgIpc) is 2.95. The molecule has 17 heavy (non-hydrogen) atoms. The van der Waals surface area contributed by atoms with E-state index in [0.717, 1.165) is 15.8 Å². The number of Topliss-reactive ketones (excluding diaryl/α,β-unsaturated/α-hetero) is 1. The first kappa shape index (κ1) is 12.8. The van der Waals surface area contributed by atoms with Crippen LogP contribution in [0.5, 0.6) is 0 Å². The molecule has 2 unspecified atom stereocenters. The monoisotopic (exact) mass is 270 g/mol. The molecule has 0 aromatic carbocycles. The van der Waals surface area contributed by atoms with Gasteiger partial charge in [0, 0.05) is 13.0 Å². The number of hydrogen-bond donors (Lipinski definition) is 2. The summed E-state index contributed by atoms with van der Waals surface area (Å²) in [7, 11) is 0. The summed E-state index contributed by atoms with van der Waals surface area (Å²) in [4.78, 5) is 13.2. The molecule has 0 spiro atoms. The summed E-state index contributed by atoms with van der Waals surface area (Å²) in [6, 6.07) is 0.573. The minimum Gasteiger partial charge on any atom is -0.396 e. The van der Waals surface area contributed by atoms with Crippen LogP contribution in [0.4, 0.5) is 10.7 Å². The van der Waals surface area contributed by atoms with Gasteiger partial charge in [-0.2, -0.15) is 0 Å². The molecule has 3 nitrogen and oxygen atoms in total. The Kier molecular flexibility index (Phi) is 3.68. The number of carbonyl (C=O) groups excluding carboxylic acids is 1. The van der Waals surface area contributed by atoms with E-state index in [4.69, 9.17) is 5.73 Å². The standard InChI is InChI=1S/C12H18N2OS2/c1-4-7-5-8(7)14-12-11(16-3)9(13)10(17-12)6(2)15/h7-8,14H,4-5,13H2,1-3H3. The molecule has 0 bridgehead atoms. The summed E-state index contributed by atoms with van der Waals surface area (Å²) in [6.07, 6.45) is 4.45. The third-order valence-electron chi connectivity index (χ3n) is 3.19. The first-order valence-electron chi connectivity index (χ1n) is 5.82. The van der Waals surface area contributed by atoms with Crippen LogP contribution in [0.1, 0.15) is 36.4 Å². The van der Waals surface area contributed by atoms with Crippen LogP contribution < -0.4 is 11.1 Å². The van der Waals surface area contributed by atoms with Gasteiger partial charge in [-0.15, -0.1) is 23.1 Å². The zero-order chi connectivity index (χ0) is 12.6. The van der Waals surface area contributed by atoms with Gasteiger partial charge in [0.2, 0.25) is 0 Å². The Morgan fingerprint density at radius 2 is 2.35 bits per heavy atom. The van der Waals surface area contributed by atoms with E-state index in [1.807, 2.05) is 6.26 Å². The molecule has 2 rings (SSSR count). The Labute approximate surface area is 110 Å². The Bertz CT molecular complexity index is 442. The number of rotatable bonds is 5. The lowest BCUT2D eigenvalue weighted by molar-refractivity contribution is 0.102. The van der Waals surface area contributed by atoms with E-state index < -0.39 is 0 Å². The summed E-state index contributed by atoms with van der Waals surface area (Å²) in [5.74, 6) is 0.840. The highest BCUT2D eigenvalue weighted by atomic mass is 32.2. The number of carbonyl (C=O) groups is 1. The number of thioether (sulfide) groups is 1. The number of ketones is 1. The van der Waals surface area contributed by atoms with Gasteiger partial charge in [0.15, 0.2) is 5.78 Å². The molecular weight excluding hydrogens is 252 g/mol. The van der Waals surface area contributed by atoms with Gasteiger partial charge < -0.3 is 11.1 Å². The van der Waals surface area contributed by atoms with Gasteiger partial charge in [-0.05, 0) is 18.6 Å². The molecule has 3 N–H and O–H groups in total. The van der Waals surface area contributed by atoms with Crippen molar-refractivity contribution in [3.05, 3.63) is 4.88 Å². The van der Waals surface area contributed by atoms with Crippen LogP contribution in [-0.4, -0.2) is 18.1 Å². The summed E-state index contributed by atoms with van der Waals surface area (Å²) < 4.78 is 0. The molecule has 1 saturated carbocycles. The Hall–Kier alpha value is -0.680. The van der Waals surface area contributed by atoms with Crippen molar-refractivity contribution in [3.63, 3.8) is 0 Å². The molecule has 0 radical (unpaired) electrons. The molecule has 0 amide bonds. The Morgan fingerprint density at radius 3 is 2.82 bits per heavy atom. The molecule has 1 aromatic heterocycles. The molecule has 1 fully saturated rings. The molecule has 2 atom stereocenters.